The molecule has 0 radical (unpaired) electrons. The number of halogens is 2. The summed E-state index contributed by atoms with van der Waals surface area (Å²) in [5, 5.41) is 4.58. The second kappa shape index (κ2) is 7.53. The lowest BCUT2D eigenvalue weighted by molar-refractivity contribution is 0.414. The normalized spacial score (nSPS) is 10.6. The zero-order chi connectivity index (χ0) is 14.4. The SMILES string of the molecule is COc1ccc(CCNCc2ccc(Cl)c(Cl)c2)cc1. The Morgan fingerprint density at radius 1 is 0.950 bits per heavy atom. The molecule has 0 saturated carbocycles. The van der Waals surface area contributed by atoms with E-state index in [9.17, 15) is 0 Å². The van der Waals surface area contributed by atoms with Gasteiger partial charge in [0.05, 0.1) is 17.2 Å². The third kappa shape index (κ3) is 4.41. The summed E-state index contributed by atoms with van der Waals surface area (Å²) in [6, 6.07) is 13.8. The minimum Gasteiger partial charge on any atom is -0.497 e. The molecule has 0 fully saturated rings. The van der Waals surface area contributed by atoms with Crippen molar-refractivity contribution in [2.75, 3.05) is 13.7 Å². The van der Waals surface area contributed by atoms with Gasteiger partial charge in [-0.3, -0.25) is 0 Å². The predicted octanol–water partition coefficient (Wildman–Crippen LogP) is 4.33. The predicted molar refractivity (Wildman–Crippen MR) is 84.9 cm³/mol. The van der Waals surface area contributed by atoms with E-state index in [1.807, 2.05) is 30.3 Å². The van der Waals surface area contributed by atoms with Crippen molar-refractivity contribution in [1.82, 2.24) is 5.32 Å². The van der Waals surface area contributed by atoms with E-state index in [2.05, 4.69) is 17.4 Å². The number of methoxy groups -OCH3 is 1. The van der Waals surface area contributed by atoms with E-state index >= 15 is 0 Å². The van der Waals surface area contributed by atoms with Crippen LogP contribution >= 0.6 is 23.2 Å². The third-order valence-corrected chi connectivity index (χ3v) is 3.80. The average Bonchev–Trinajstić information content (AvgIpc) is 2.48. The first-order chi connectivity index (χ1) is 9.69. The molecular formula is C16H17Cl2NO. The number of benzene rings is 2. The lowest BCUT2D eigenvalue weighted by Gasteiger charge is -2.07. The van der Waals surface area contributed by atoms with Crippen molar-refractivity contribution in [3.8, 4) is 5.75 Å². The topological polar surface area (TPSA) is 21.3 Å². The summed E-state index contributed by atoms with van der Waals surface area (Å²) in [5.41, 5.74) is 2.42. The molecule has 2 aromatic carbocycles. The van der Waals surface area contributed by atoms with Gasteiger partial charge in [0.2, 0.25) is 0 Å². The highest BCUT2D eigenvalue weighted by Gasteiger charge is 1.99. The first-order valence-electron chi connectivity index (χ1n) is 6.46. The Morgan fingerprint density at radius 2 is 1.65 bits per heavy atom. The molecule has 0 spiro atoms. The number of hydrogen-bond donors (Lipinski definition) is 1. The molecule has 2 rings (SSSR count). The maximum Gasteiger partial charge on any atom is 0.118 e. The molecule has 0 unspecified atom stereocenters. The van der Waals surface area contributed by atoms with Gasteiger partial charge in [-0.1, -0.05) is 41.4 Å². The van der Waals surface area contributed by atoms with Crippen molar-refractivity contribution in [3.63, 3.8) is 0 Å². The van der Waals surface area contributed by atoms with Gasteiger partial charge in [0.1, 0.15) is 5.75 Å². The van der Waals surface area contributed by atoms with Gasteiger partial charge in [-0.2, -0.15) is 0 Å². The highest BCUT2D eigenvalue weighted by molar-refractivity contribution is 6.42. The molecule has 106 valence electrons. The van der Waals surface area contributed by atoms with Gasteiger partial charge in [0.15, 0.2) is 0 Å². The molecule has 0 bridgehead atoms. The van der Waals surface area contributed by atoms with Crippen LogP contribution in [-0.2, 0) is 13.0 Å². The van der Waals surface area contributed by atoms with Crippen LogP contribution in [0.2, 0.25) is 10.0 Å². The minimum absolute atomic E-state index is 0.591. The van der Waals surface area contributed by atoms with E-state index in [0.717, 1.165) is 30.8 Å². The fraction of sp³-hybridized carbons (Fsp3) is 0.250. The van der Waals surface area contributed by atoms with Crippen molar-refractivity contribution in [3.05, 3.63) is 63.6 Å². The van der Waals surface area contributed by atoms with Crippen molar-refractivity contribution in [1.29, 1.82) is 0 Å². The molecule has 0 aliphatic rings. The van der Waals surface area contributed by atoms with Gasteiger partial charge in [0, 0.05) is 6.54 Å². The van der Waals surface area contributed by atoms with Crippen LogP contribution in [0.15, 0.2) is 42.5 Å². The Hall–Kier alpha value is -1.22. The summed E-state index contributed by atoms with van der Waals surface area (Å²) in [5.74, 6) is 0.887. The zero-order valence-electron chi connectivity index (χ0n) is 11.3. The molecule has 0 aliphatic carbocycles. The Bertz CT molecular complexity index is 555. The van der Waals surface area contributed by atoms with E-state index in [1.165, 1.54) is 5.56 Å². The number of hydrogen-bond acceptors (Lipinski definition) is 2. The number of rotatable bonds is 6. The summed E-state index contributed by atoms with van der Waals surface area (Å²) in [7, 11) is 1.67. The lowest BCUT2D eigenvalue weighted by atomic mass is 10.1. The molecule has 20 heavy (non-hydrogen) atoms. The molecule has 4 heteroatoms. The molecule has 0 aromatic heterocycles. The van der Waals surface area contributed by atoms with Crippen LogP contribution in [0.1, 0.15) is 11.1 Å². The minimum atomic E-state index is 0.591. The third-order valence-electron chi connectivity index (χ3n) is 3.06. The number of ether oxygens (including phenoxy) is 1. The molecule has 0 saturated heterocycles. The fourth-order valence-electron chi connectivity index (χ4n) is 1.91. The summed E-state index contributed by atoms with van der Waals surface area (Å²) in [6.45, 7) is 1.69. The van der Waals surface area contributed by atoms with E-state index in [4.69, 9.17) is 27.9 Å². The van der Waals surface area contributed by atoms with Crippen molar-refractivity contribution in [2.45, 2.75) is 13.0 Å². The summed E-state index contributed by atoms with van der Waals surface area (Å²) < 4.78 is 5.13. The Kier molecular flexibility index (Phi) is 5.72. The van der Waals surface area contributed by atoms with E-state index in [0.29, 0.717) is 10.0 Å². The van der Waals surface area contributed by atoms with E-state index in [-0.39, 0.29) is 0 Å². The Morgan fingerprint density at radius 3 is 2.30 bits per heavy atom. The van der Waals surface area contributed by atoms with Gasteiger partial charge in [-0.25, -0.2) is 0 Å². The summed E-state index contributed by atoms with van der Waals surface area (Å²) in [4.78, 5) is 0. The van der Waals surface area contributed by atoms with Gasteiger partial charge in [-0.05, 0) is 48.4 Å². The summed E-state index contributed by atoms with van der Waals surface area (Å²) >= 11 is 11.9. The van der Waals surface area contributed by atoms with Crippen molar-refractivity contribution in [2.24, 2.45) is 0 Å². The zero-order valence-corrected chi connectivity index (χ0v) is 12.8. The van der Waals surface area contributed by atoms with Gasteiger partial charge in [-0.15, -0.1) is 0 Å². The van der Waals surface area contributed by atoms with Crippen LogP contribution in [0, 0.1) is 0 Å². The largest absolute Gasteiger partial charge is 0.497 e. The Labute approximate surface area is 129 Å². The fourth-order valence-corrected chi connectivity index (χ4v) is 2.23. The highest BCUT2D eigenvalue weighted by Crippen LogP contribution is 2.22. The smallest absolute Gasteiger partial charge is 0.118 e. The molecule has 0 amide bonds. The van der Waals surface area contributed by atoms with Crippen LogP contribution < -0.4 is 10.1 Å². The molecule has 2 nitrogen and oxygen atoms in total. The van der Waals surface area contributed by atoms with Crippen LogP contribution in [0.5, 0.6) is 5.75 Å². The molecule has 0 heterocycles. The van der Waals surface area contributed by atoms with Crippen LogP contribution in [0.3, 0.4) is 0 Å². The maximum atomic E-state index is 5.98. The van der Waals surface area contributed by atoms with Gasteiger partial charge >= 0.3 is 0 Å². The second-order valence-electron chi connectivity index (χ2n) is 4.52. The summed E-state index contributed by atoms with van der Waals surface area (Å²) in [6.07, 6.45) is 0.977. The number of nitrogens with one attached hydrogen (secondary N) is 1. The maximum absolute atomic E-state index is 5.98. The average molecular weight is 310 g/mol. The van der Waals surface area contributed by atoms with Crippen LogP contribution in [0.25, 0.3) is 0 Å². The van der Waals surface area contributed by atoms with Crippen molar-refractivity contribution >= 4 is 23.2 Å². The molecule has 1 N–H and O–H groups in total. The second-order valence-corrected chi connectivity index (χ2v) is 5.34. The van der Waals surface area contributed by atoms with Crippen LogP contribution in [0.4, 0.5) is 0 Å². The molecule has 0 aliphatic heterocycles. The van der Waals surface area contributed by atoms with Gasteiger partial charge < -0.3 is 10.1 Å². The van der Waals surface area contributed by atoms with Gasteiger partial charge in [0.25, 0.3) is 0 Å². The standard InChI is InChI=1S/C16H17Cl2NO/c1-20-14-5-2-12(3-6-14)8-9-19-11-13-4-7-15(17)16(18)10-13/h2-7,10,19H,8-9,11H2,1H3. The first-order valence-corrected chi connectivity index (χ1v) is 7.22. The molecule has 2 aromatic rings. The Balaban J connectivity index is 1.76. The quantitative estimate of drug-likeness (QED) is 0.802. The van der Waals surface area contributed by atoms with E-state index in [1.54, 1.807) is 7.11 Å². The highest BCUT2D eigenvalue weighted by atomic mass is 35.5. The molecular weight excluding hydrogens is 293 g/mol. The first kappa shape index (κ1) is 15.2. The van der Waals surface area contributed by atoms with Crippen molar-refractivity contribution < 1.29 is 4.74 Å². The monoisotopic (exact) mass is 309 g/mol. The lowest BCUT2D eigenvalue weighted by Crippen LogP contribution is -2.16. The van der Waals surface area contributed by atoms with E-state index < -0.39 is 0 Å². The van der Waals surface area contributed by atoms with Crippen LogP contribution in [-0.4, -0.2) is 13.7 Å². The molecule has 0 atom stereocenters.